The molecule has 1 aromatic carbocycles. The third-order valence-electron chi connectivity index (χ3n) is 2.15. The van der Waals surface area contributed by atoms with Gasteiger partial charge in [0, 0.05) is 5.56 Å². The van der Waals surface area contributed by atoms with Crippen molar-refractivity contribution in [3.05, 3.63) is 35.6 Å². The Bertz CT molecular complexity index is 343. The summed E-state index contributed by atoms with van der Waals surface area (Å²) < 4.78 is 13.4. The molecular weight excluding hydrogens is 217 g/mol. The fourth-order valence-electron chi connectivity index (χ4n) is 1.39. The number of nitrogens with one attached hydrogen (secondary N) is 1. The summed E-state index contributed by atoms with van der Waals surface area (Å²) in [6.45, 7) is 1.88. The van der Waals surface area contributed by atoms with Crippen LogP contribution in [0.1, 0.15) is 24.9 Å². The highest BCUT2D eigenvalue weighted by Crippen LogP contribution is 2.19. The first-order chi connectivity index (χ1) is 7.19. The zero-order valence-corrected chi connectivity index (χ0v) is 9.22. The number of rotatable bonds is 4. The Kier molecular flexibility index (Phi) is 4.56. The van der Waals surface area contributed by atoms with Crippen molar-refractivity contribution in [2.24, 2.45) is 0 Å². The van der Waals surface area contributed by atoms with Crippen molar-refractivity contribution < 1.29 is 9.18 Å². The SMILES string of the molecule is CC[C@@H](NC(=O)CCl)c1ccccc1F. The number of halogens is 2. The van der Waals surface area contributed by atoms with Crippen molar-refractivity contribution in [1.82, 2.24) is 5.32 Å². The van der Waals surface area contributed by atoms with Gasteiger partial charge < -0.3 is 5.32 Å². The van der Waals surface area contributed by atoms with Crippen LogP contribution in [0.5, 0.6) is 0 Å². The van der Waals surface area contributed by atoms with Gasteiger partial charge in [0.25, 0.3) is 0 Å². The van der Waals surface area contributed by atoms with Crippen molar-refractivity contribution in [3.8, 4) is 0 Å². The number of amides is 1. The molecule has 1 N–H and O–H groups in total. The van der Waals surface area contributed by atoms with Gasteiger partial charge in [0.15, 0.2) is 0 Å². The van der Waals surface area contributed by atoms with Crippen LogP contribution < -0.4 is 5.32 Å². The molecule has 4 heteroatoms. The molecule has 0 aromatic heterocycles. The lowest BCUT2D eigenvalue weighted by molar-refractivity contribution is -0.119. The molecule has 0 unspecified atom stereocenters. The molecule has 0 radical (unpaired) electrons. The van der Waals surface area contributed by atoms with E-state index in [-0.39, 0.29) is 23.6 Å². The Morgan fingerprint density at radius 3 is 2.73 bits per heavy atom. The van der Waals surface area contributed by atoms with Gasteiger partial charge in [0.1, 0.15) is 11.7 Å². The first kappa shape index (κ1) is 12.0. The molecule has 0 spiro atoms. The Morgan fingerprint density at radius 1 is 1.53 bits per heavy atom. The van der Waals surface area contributed by atoms with Gasteiger partial charge in [0.05, 0.1) is 6.04 Å². The van der Waals surface area contributed by atoms with Gasteiger partial charge in [-0.3, -0.25) is 4.79 Å². The van der Waals surface area contributed by atoms with Crippen molar-refractivity contribution in [1.29, 1.82) is 0 Å². The summed E-state index contributed by atoms with van der Waals surface area (Å²) in [5.74, 6) is -0.698. The standard InChI is InChI=1S/C11H13ClFNO/c1-2-10(14-11(15)7-12)8-5-3-4-6-9(8)13/h3-6,10H,2,7H2,1H3,(H,14,15)/t10-/m1/s1. The minimum Gasteiger partial charge on any atom is -0.348 e. The second-order valence-corrected chi connectivity index (χ2v) is 3.45. The molecule has 0 saturated carbocycles. The average molecular weight is 230 g/mol. The van der Waals surface area contributed by atoms with E-state index in [0.29, 0.717) is 12.0 Å². The van der Waals surface area contributed by atoms with Crippen molar-refractivity contribution in [3.63, 3.8) is 0 Å². The highest BCUT2D eigenvalue weighted by Gasteiger charge is 2.14. The normalized spacial score (nSPS) is 12.2. The topological polar surface area (TPSA) is 29.1 Å². The smallest absolute Gasteiger partial charge is 0.235 e. The van der Waals surface area contributed by atoms with Crippen LogP contribution in [0.25, 0.3) is 0 Å². The maximum absolute atomic E-state index is 13.4. The third-order valence-corrected chi connectivity index (χ3v) is 2.39. The zero-order valence-electron chi connectivity index (χ0n) is 8.47. The number of hydrogen-bond donors (Lipinski definition) is 1. The van der Waals surface area contributed by atoms with E-state index < -0.39 is 0 Å². The predicted octanol–water partition coefficient (Wildman–Crippen LogP) is 2.63. The Morgan fingerprint density at radius 2 is 2.20 bits per heavy atom. The number of carbonyl (C=O) groups excluding carboxylic acids is 1. The molecule has 1 aromatic rings. The molecule has 0 heterocycles. The second kappa shape index (κ2) is 5.71. The quantitative estimate of drug-likeness (QED) is 0.791. The van der Waals surface area contributed by atoms with Gasteiger partial charge in [-0.25, -0.2) is 4.39 Å². The van der Waals surface area contributed by atoms with Gasteiger partial charge in [-0.1, -0.05) is 25.1 Å². The van der Waals surface area contributed by atoms with E-state index in [2.05, 4.69) is 5.32 Å². The molecule has 1 amide bonds. The van der Waals surface area contributed by atoms with E-state index in [1.165, 1.54) is 6.07 Å². The van der Waals surface area contributed by atoms with Crippen molar-refractivity contribution >= 4 is 17.5 Å². The first-order valence-electron chi connectivity index (χ1n) is 4.78. The number of carbonyl (C=O) groups is 1. The molecule has 15 heavy (non-hydrogen) atoms. The van der Waals surface area contributed by atoms with E-state index >= 15 is 0 Å². The second-order valence-electron chi connectivity index (χ2n) is 3.18. The number of alkyl halides is 1. The van der Waals surface area contributed by atoms with Crippen LogP contribution in [0, 0.1) is 5.82 Å². The molecule has 0 saturated heterocycles. The van der Waals surface area contributed by atoms with Crippen LogP contribution in [0.2, 0.25) is 0 Å². The summed E-state index contributed by atoms with van der Waals surface area (Å²) in [6, 6.07) is 6.10. The van der Waals surface area contributed by atoms with Crippen molar-refractivity contribution in [2.45, 2.75) is 19.4 Å². The lowest BCUT2D eigenvalue weighted by Gasteiger charge is -2.17. The fourth-order valence-corrected chi connectivity index (χ4v) is 1.47. The van der Waals surface area contributed by atoms with Gasteiger partial charge in [0.2, 0.25) is 5.91 Å². The monoisotopic (exact) mass is 229 g/mol. The molecule has 0 bridgehead atoms. The van der Waals surface area contributed by atoms with E-state index in [4.69, 9.17) is 11.6 Å². The van der Waals surface area contributed by atoms with Gasteiger partial charge in [-0.2, -0.15) is 0 Å². The van der Waals surface area contributed by atoms with Crippen LogP contribution in [-0.2, 0) is 4.79 Å². The Hall–Kier alpha value is -1.09. The van der Waals surface area contributed by atoms with Crippen molar-refractivity contribution in [2.75, 3.05) is 5.88 Å². The molecule has 0 aliphatic heterocycles. The van der Waals surface area contributed by atoms with E-state index in [1.54, 1.807) is 18.2 Å². The maximum Gasteiger partial charge on any atom is 0.235 e. The summed E-state index contributed by atoms with van der Waals surface area (Å²) in [5, 5.41) is 2.66. The molecule has 1 atom stereocenters. The fraction of sp³-hybridized carbons (Fsp3) is 0.364. The molecule has 0 fully saturated rings. The highest BCUT2D eigenvalue weighted by molar-refractivity contribution is 6.27. The van der Waals surface area contributed by atoms with Crippen LogP contribution >= 0.6 is 11.6 Å². The largest absolute Gasteiger partial charge is 0.348 e. The molecule has 1 rings (SSSR count). The molecule has 2 nitrogen and oxygen atoms in total. The van der Waals surface area contributed by atoms with Crippen LogP contribution in [0.15, 0.2) is 24.3 Å². The summed E-state index contributed by atoms with van der Waals surface area (Å²) in [5.41, 5.74) is 0.499. The van der Waals surface area contributed by atoms with Gasteiger partial charge in [-0.05, 0) is 12.5 Å². The highest BCUT2D eigenvalue weighted by atomic mass is 35.5. The lowest BCUT2D eigenvalue weighted by Crippen LogP contribution is -2.29. The van der Waals surface area contributed by atoms with E-state index in [9.17, 15) is 9.18 Å². The number of benzene rings is 1. The minimum absolute atomic E-state index is 0.106. The third kappa shape index (κ3) is 3.20. The van der Waals surface area contributed by atoms with E-state index in [1.807, 2.05) is 6.92 Å². The molecule has 0 aliphatic carbocycles. The maximum atomic E-state index is 13.4. The molecular formula is C11H13ClFNO. The first-order valence-corrected chi connectivity index (χ1v) is 5.32. The minimum atomic E-state index is -0.308. The van der Waals surface area contributed by atoms with Crippen LogP contribution in [-0.4, -0.2) is 11.8 Å². The molecule has 0 aliphatic rings. The van der Waals surface area contributed by atoms with Crippen LogP contribution in [0.4, 0.5) is 4.39 Å². The number of hydrogen-bond acceptors (Lipinski definition) is 1. The predicted molar refractivity (Wildman–Crippen MR) is 58.3 cm³/mol. The summed E-state index contributed by atoms with van der Waals surface area (Å²) in [6.07, 6.45) is 0.629. The lowest BCUT2D eigenvalue weighted by atomic mass is 10.0. The summed E-state index contributed by atoms with van der Waals surface area (Å²) in [4.78, 5) is 11.1. The van der Waals surface area contributed by atoms with Crippen LogP contribution in [0.3, 0.4) is 0 Å². The van der Waals surface area contributed by atoms with Gasteiger partial charge in [-0.15, -0.1) is 11.6 Å². The zero-order chi connectivity index (χ0) is 11.3. The summed E-state index contributed by atoms with van der Waals surface area (Å²) >= 11 is 5.37. The van der Waals surface area contributed by atoms with Gasteiger partial charge >= 0.3 is 0 Å². The van der Waals surface area contributed by atoms with E-state index in [0.717, 1.165) is 0 Å². The Labute approximate surface area is 93.4 Å². The summed E-state index contributed by atoms with van der Waals surface area (Å²) in [7, 11) is 0. The molecule has 82 valence electrons. The Balaban J connectivity index is 2.83. The average Bonchev–Trinajstić information content (AvgIpc) is 2.26.